The molecule has 1 aromatic carbocycles. The minimum Gasteiger partial charge on any atom is -0.391 e. The zero-order chi connectivity index (χ0) is 14.0. The third-order valence-electron chi connectivity index (χ3n) is 3.99. The van der Waals surface area contributed by atoms with Gasteiger partial charge in [-0.15, -0.1) is 0 Å². The van der Waals surface area contributed by atoms with E-state index in [0.29, 0.717) is 0 Å². The van der Waals surface area contributed by atoms with Gasteiger partial charge in [-0.1, -0.05) is 17.7 Å². The van der Waals surface area contributed by atoms with Gasteiger partial charge < -0.3 is 10.0 Å². The van der Waals surface area contributed by atoms with Crippen molar-refractivity contribution in [2.24, 2.45) is 0 Å². The molecule has 0 saturated carbocycles. The number of aliphatic hydroxyl groups is 1. The van der Waals surface area contributed by atoms with Crippen LogP contribution in [0.15, 0.2) is 18.2 Å². The number of carbonyl (C=O) groups excluding carboxylic acids is 1. The maximum absolute atomic E-state index is 12.7. The van der Waals surface area contributed by atoms with Crippen LogP contribution < -0.4 is 0 Å². The van der Waals surface area contributed by atoms with Crippen molar-refractivity contribution in [2.75, 3.05) is 6.54 Å². The van der Waals surface area contributed by atoms with Crippen LogP contribution in [0.1, 0.15) is 47.7 Å². The highest BCUT2D eigenvalue weighted by atomic mass is 16.3. The molecule has 2 atom stereocenters. The number of hydrogen-bond donors (Lipinski definition) is 1. The second-order valence-electron chi connectivity index (χ2n) is 5.62. The minimum absolute atomic E-state index is 0.0406. The van der Waals surface area contributed by atoms with Gasteiger partial charge in [-0.05, 0) is 51.7 Å². The Balaban J connectivity index is 2.28. The van der Waals surface area contributed by atoms with Gasteiger partial charge in [-0.3, -0.25) is 4.79 Å². The lowest BCUT2D eigenvalue weighted by molar-refractivity contribution is 0.0280. The van der Waals surface area contributed by atoms with Crippen LogP contribution in [-0.2, 0) is 0 Å². The molecule has 0 radical (unpaired) electrons. The molecular formula is C16H23NO2. The molecule has 1 aliphatic heterocycles. The fourth-order valence-electron chi connectivity index (χ4n) is 2.83. The molecule has 0 aromatic heterocycles. The van der Waals surface area contributed by atoms with Crippen LogP contribution in [0.5, 0.6) is 0 Å². The number of aryl methyl sites for hydroxylation is 2. The molecular weight excluding hydrogens is 238 g/mol. The number of piperidine rings is 1. The summed E-state index contributed by atoms with van der Waals surface area (Å²) in [5.74, 6) is 0.0619. The normalized spacial score (nSPS) is 21.3. The van der Waals surface area contributed by atoms with Gasteiger partial charge in [-0.25, -0.2) is 0 Å². The predicted octanol–water partition coefficient (Wildman–Crippen LogP) is 2.68. The van der Waals surface area contributed by atoms with E-state index in [1.165, 1.54) is 0 Å². The molecule has 3 heteroatoms. The highest BCUT2D eigenvalue weighted by Crippen LogP contribution is 2.23. The number of carbonyl (C=O) groups is 1. The van der Waals surface area contributed by atoms with Crippen molar-refractivity contribution in [3.8, 4) is 0 Å². The monoisotopic (exact) mass is 261 g/mol. The number of nitrogens with zero attached hydrogens (tertiary/aromatic N) is 1. The number of aliphatic hydroxyl groups excluding tert-OH is 1. The molecule has 2 rings (SSSR count). The molecule has 1 heterocycles. The Labute approximate surface area is 115 Å². The van der Waals surface area contributed by atoms with Crippen molar-refractivity contribution < 1.29 is 9.90 Å². The van der Waals surface area contributed by atoms with Crippen LogP contribution in [0.4, 0.5) is 0 Å². The molecule has 0 bridgehead atoms. The molecule has 19 heavy (non-hydrogen) atoms. The smallest absolute Gasteiger partial charge is 0.254 e. The van der Waals surface area contributed by atoms with Crippen LogP contribution in [0.2, 0.25) is 0 Å². The second kappa shape index (κ2) is 5.74. The number of rotatable bonds is 2. The Hall–Kier alpha value is -1.35. The predicted molar refractivity (Wildman–Crippen MR) is 76.3 cm³/mol. The van der Waals surface area contributed by atoms with E-state index in [1.807, 2.05) is 36.9 Å². The number of likely N-dealkylation sites (tertiary alicyclic amines) is 1. The first-order valence-corrected chi connectivity index (χ1v) is 7.07. The van der Waals surface area contributed by atoms with Gasteiger partial charge in [0.15, 0.2) is 0 Å². The number of hydrogen-bond acceptors (Lipinski definition) is 2. The van der Waals surface area contributed by atoms with Crippen molar-refractivity contribution in [1.82, 2.24) is 4.90 Å². The van der Waals surface area contributed by atoms with Crippen molar-refractivity contribution in [1.29, 1.82) is 0 Å². The summed E-state index contributed by atoms with van der Waals surface area (Å²) in [6.07, 6.45) is 2.55. The molecule has 1 amide bonds. The summed E-state index contributed by atoms with van der Waals surface area (Å²) < 4.78 is 0. The highest BCUT2D eigenvalue weighted by Gasteiger charge is 2.30. The number of benzene rings is 1. The summed E-state index contributed by atoms with van der Waals surface area (Å²) in [4.78, 5) is 14.6. The molecule has 0 spiro atoms. The summed E-state index contributed by atoms with van der Waals surface area (Å²) in [7, 11) is 0. The molecule has 1 aromatic rings. The quantitative estimate of drug-likeness (QED) is 0.889. The van der Waals surface area contributed by atoms with Crippen molar-refractivity contribution >= 4 is 5.91 Å². The lowest BCUT2D eigenvalue weighted by Gasteiger charge is -2.37. The van der Waals surface area contributed by atoms with Gasteiger partial charge in [-0.2, -0.15) is 0 Å². The first-order valence-electron chi connectivity index (χ1n) is 7.07. The van der Waals surface area contributed by atoms with E-state index < -0.39 is 6.10 Å². The zero-order valence-electron chi connectivity index (χ0n) is 12.0. The zero-order valence-corrected chi connectivity index (χ0v) is 12.0. The largest absolute Gasteiger partial charge is 0.391 e. The first-order chi connectivity index (χ1) is 9.00. The lowest BCUT2D eigenvalue weighted by Crippen LogP contribution is -2.49. The van der Waals surface area contributed by atoms with E-state index >= 15 is 0 Å². The van der Waals surface area contributed by atoms with Gasteiger partial charge in [0, 0.05) is 12.1 Å². The van der Waals surface area contributed by atoms with Gasteiger partial charge in [0.05, 0.1) is 12.1 Å². The number of amides is 1. The van der Waals surface area contributed by atoms with Crippen LogP contribution in [-0.4, -0.2) is 34.6 Å². The highest BCUT2D eigenvalue weighted by molar-refractivity contribution is 5.96. The molecule has 104 valence electrons. The van der Waals surface area contributed by atoms with Crippen LogP contribution in [0.3, 0.4) is 0 Å². The van der Waals surface area contributed by atoms with E-state index in [4.69, 9.17) is 0 Å². The van der Waals surface area contributed by atoms with E-state index in [2.05, 4.69) is 0 Å². The van der Waals surface area contributed by atoms with Crippen molar-refractivity contribution in [2.45, 2.75) is 52.2 Å². The SMILES string of the molecule is Cc1ccc(C)c(C(=O)N2CCCCC2C(C)O)c1. The van der Waals surface area contributed by atoms with Crippen LogP contribution in [0, 0.1) is 13.8 Å². The summed E-state index contributed by atoms with van der Waals surface area (Å²) in [5, 5.41) is 9.87. The Kier molecular flexibility index (Phi) is 4.25. The Morgan fingerprint density at radius 1 is 1.37 bits per heavy atom. The standard InChI is InChI=1S/C16H23NO2/c1-11-7-8-12(2)14(10-11)16(19)17-9-5-4-6-15(17)13(3)18/h7-8,10,13,15,18H,4-6,9H2,1-3H3. The van der Waals surface area contributed by atoms with E-state index in [-0.39, 0.29) is 11.9 Å². The third-order valence-corrected chi connectivity index (χ3v) is 3.99. The molecule has 0 aliphatic carbocycles. The molecule has 3 nitrogen and oxygen atoms in total. The average Bonchev–Trinajstić information content (AvgIpc) is 2.40. The molecule has 1 saturated heterocycles. The van der Waals surface area contributed by atoms with Crippen LogP contribution in [0.25, 0.3) is 0 Å². The first kappa shape index (κ1) is 14.1. The molecule has 1 aliphatic rings. The Morgan fingerprint density at radius 2 is 2.11 bits per heavy atom. The summed E-state index contributed by atoms with van der Waals surface area (Å²) in [6.45, 7) is 6.49. The molecule has 1 fully saturated rings. The topological polar surface area (TPSA) is 40.5 Å². The van der Waals surface area contributed by atoms with E-state index in [9.17, 15) is 9.90 Å². The van der Waals surface area contributed by atoms with Gasteiger partial charge in [0.1, 0.15) is 0 Å². The molecule has 2 unspecified atom stereocenters. The van der Waals surface area contributed by atoms with Crippen molar-refractivity contribution in [3.05, 3.63) is 34.9 Å². The summed E-state index contributed by atoms with van der Waals surface area (Å²) in [5.41, 5.74) is 2.87. The fourth-order valence-corrected chi connectivity index (χ4v) is 2.83. The Morgan fingerprint density at radius 3 is 2.79 bits per heavy atom. The van der Waals surface area contributed by atoms with Crippen molar-refractivity contribution in [3.63, 3.8) is 0 Å². The summed E-state index contributed by atoms with van der Waals surface area (Å²) in [6, 6.07) is 5.92. The minimum atomic E-state index is -0.464. The third kappa shape index (κ3) is 2.98. The second-order valence-corrected chi connectivity index (χ2v) is 5.62. The maximum atomic E-state index is 12.7. The Bertz CT molecular complexity index is 468. The van der Waals surface area contributed by atoms with E-state index in [1.54, 1.807) is 6.92 Å². The average molecular weight is 261 g/mol. The van der Waals surface area contributed by atoms with Gasteiger partial charge in [0.2, 0.25) is 0 Å². The van der Waals surface area contributed by atoms with Gasteiger partial charge >= 0.3 is 0 Å². The lowest BCUT2D eigenvalue weighted by atomic mass is 9.96. The fraction of sp³-hybridized carbons (Fsp3) is 0.562. The maximum Gasteiger partial charge on any atom is 0.254 e. The summed E-state index contributed by atoms with van der Waals surface area (Å²) >= 11 is 0. The van der Waals surface area contributed by atoms with Crippen LogP contribution >= 0.6 is 0 Å². The molecule has 1 N–H and O–H groups in total. The van der Waals surface area contributed by atoms with E-state index in [0.717, 1.165) is 42.5 Å². The van der Waals surface area contributed by atoms with Gasteiger partial charge in [0.25, 0.3) is 5.91 Å².